The molecule has 2 amide bonds. The van der Waals surface area contributed by atoms with Crippen molar-refractivity contribution in [3.05, 3.63) is 83.7 Å². The molecule has 0 bridgehead atoms. The molecule has 14 heteroatoms. The molecule has 1 saturated heterocycles. The van der Waals surface area contributed by atoms with E-state index in [0.717, 1.165) is 16.4 Å². The zero-order chi connectivity index (χ0) is 30.0. The van der Waals surface area contributed by atoms with Crippen molar-refractivity contribution in [2.24, 2.45) is 0 Å². The standard InChI is InChI=1S/C28H31F2N7O4S/c1-18-26(20-14-31-36(15-20)42(3,39)40)34-37(21-7-5-4-6-8-21)27(18)33-28(38)32-25-17-35(11-12-41-2)16-22(25)19-9-10-23(29)24(30)13-19/h4-10,13-15,22,25H,11-12,16-17H2,1-3H3,(H2,32,33,38)/t22-,25+/m0/s1. The molecule has 11 nitrogen and oxygen atoms in total. The minimum Gasteiger partial charge on any atom is -0.383 e. The summed E-state index contributed by atoms with van der Waals surface area (Å²) in [7, 11) is -2.00. The number of nitrogens with one attached hydrogen (secondary N) is 2. The number of carbonyl (C=O) groups is 1. The largest absolute Gasteiger partial charge is 0.383 e. The number of carbonyl (C=O) groups excluding carboxylic acids is 1. The number of para-hydroxylation sites is 1. The van der Waals surface area contributed by atoms with Crippen molar-refractivity contribution in [2.45, 2.75) is 18.9 Å². The molecule has 0 spiro atoms. The summed E-state index contributed by atoms with van der Waals surface area (Å²) in [4.78, 5) is 15.6. The molecule has 0 aliphatic carbocycles. The Morgan fingerprint density at radius 1 is 1.12 bits per heavy atom. The van der Waals surface area contributed by atoms with Gasteiger partial charge in [0.05, 0.1) is 37.0 Å². The molecule has 3 heterocycles. The van der Waals surface area contributed by atoms with Crippen LogP contribution in [-0.4, -0.2) is 84.0 Å². The van der Waals surface area contributed by atoms with Crippen LogP contribution in [0.2, 0.25) is 0 Å². The fourth-order valence-corrected chi connectivity index (χ4v) is 5.63. The topological polar surface area (TPSA) is 123 Å². The Kier molecular flexibility index (Phi) is 8.38. The van der Waals surface area contributed by atoms with Gasteiger partial charge in [-0.25, -0.2) is 26.7 Å². The smallest absolute Gasteiger partial charge is 0.320 e. The highest BCUT2D eigenvalue weighted by molar-refractivity contribution is 7.89. The lowest BCUT2D eigenvalue weighted by molar-refractivity contribution is 0.159. The fourth-order valence-electron chi connectivity index (χ4n) is 5.11. The number of hydrogen-bond donors (Lipinski definition) is 2. The number of urea groups is 1. The maximum absolute atomic E-state index is 14.1. The number of ether oxygens (including phenoxy) is 1. The van der Waals surface area contributed by atoms with Crippen molar-refractivity contribution in [2.75, 3.05) is 44.9 Å². The highest BCUT2D eigenvalue weighted by atomic mass is 32.2. The van der Waals surface area contributed by atoms with Crippen molar-refractivity contribution in [3.63, 3.8) is 0 Å². The van der Waals surface area contributed by atoms with Crippen LogP contribution in [0, 0.1) is 18.6 Å². The van der Waals surface area contributed by atoms with Crippen LogP contribution in [0.25, 0.3) is 16.9 Å². The summed E-state index contributed by atoms with van der Waals surface area (Å²) in [6, 6.07) is 12.0. The number of rotatable bonds is 9. The first-order valence-electron chi connectivity index (χ1n) is 13.2. The molecule has 2 N–H and O–H groups in total. The van der Waals surface area contributed by atoms with Crippen molar-refractivity contribution < 1.29 is 26.7 Å². The number of aromatic nitrogens is 4. The lowest BCUT2D eigenvalue weighted by Gasteiger charge is -2.21. The Bertz CT molecular complexity index is 1690. The zero-order valence-electron chi connectivity index (χ0n) is 23.3. The normalized spacial score (nSPS) is 17.5. The van der Waals surface area contributed by atoms with E-state index in [1.165, 1.54) is 24.5 Å². The average molecular weight is 600 g/mol. The molecule has 2 aromatic heterocycles. The summed E-state index contributed by atoms with van der Waals surface area (Å²) in [5.74, 6) is -1.79. The summed E-state index contributed by atoms with van der Waals surface area (Å²) in [6.07, 6.45) is 3.81. The van der Waals surface area contributed by atoms with Crippen LogP contribution < -0.4 is 10.6 Å². The van der Waals surface area contributed by atoms with Gasteiger partial charge in [0.25, 0.3) is 10.0 Å². The first-order valence-corrected chi connectivity index (χ1v) is 15.0. The molecule has 4 aromatic rings. The lowest BCUT2D eigenvalue weighted by Crippen LogP contribution is -2.42. The first kappa shape index (κ1) is 29.4. The van der Waals surface area contributed by atoms with E-state index in [9.17, 15) is 22.0 Å². The highest BCUT2D eigenvalue weighted by Crippen LogP contribution is 2.32. The fraction of sp³-hybridized carbons (Fsp3) is 0.321. The van der Waals surface area contributed by atoms with Crippen molar-refractivity contribution in [3.8, 4) is 16.9 Å². The number of methoxy groups -OCH3 is 1. The summed E-state index contributed by atoms with van der Waals surface area (Å²) in [5.41, 5.74) is 2.74. The molecule has 0 saturated carbocycles. The minimum atomic E-state index is -3.60. The Labute approximate surface area is 242 Å². The summed E-state index contributed by atoms with van der Waals surface area (Å²) < 4.78 is 59.3. The summed E-state index contributed by atoms with van der Waals surface area (Å²) in [6.45, 7) is 3.86. The van der Waals surface area contributed by atoms with E-state index in [1.807, 2.05) is 30.3 Å². The Morgan fingerprint density at radius 2 is 1.88 bits per heavy atom. The van der Waals surface area contributed by atoms with Gasteiger partial charge in [-0.3, -0.25) is 10.2 Å². The molecule has 1 aliphatic rings. The van der Waals surface area contributed by atoms with Gasteiger partial charge in [0, 0.05) is 43.8 Å². The average Bonchev–Trinajstić information content (AvgIpc) is 3.68. The van der Waals surface area contributed by atoms with Crippen LogP contribution in [0.15, 0.2) is 60.9 Å². The molecule has 2 atom stereocenters. The lowest BCUT2D eigenvalue weighted by atomic mass is 9.94. The highest BCUT2D eigenvalue weighted by Gasteiger charge is 2.35. The van der Waals surface area contributed by atoms with Crippen LogP contribution in [0.3, 0.4) is 0 Å². The minimum absolute atomic E-state index is 0.291. The number of likely N-dealkylation sites (tertiary alicyclic amines) is 1. The third-order valence-electron chi connectivity index (χ3n) is 7.22. The van der Waals surface area contributed by atoms with Gasteiger partial charge in [-0.2, -0.15) is 14.3 Å². The van der Waals surface area contributed by atoms with Gasteiger partial charge in [0.1, 0.15) is 11.5 Å². The van der Waals surface area contributed by atoms with Crippen molar-refractivity contribution in [1.82, 2.24) is 29.2 Å². The van der Waals surface area contributed by atoms with Gasteiger partial charge >= 0.3 is 6.03 Å². The Hall–Kier alpha value is -4.14. The number of hydrogen-bond acceptors (Lipinski definition) is 7. The van der Waals surface area contributed by atoms with Crippen LogP contribution in [-0.2, 0) is 14.8 Å². The van der Waals surface area contributed by atoms with Gasteiger partial charge in [-0.05, 0) is 36.8 Å². The third kappa shape index (κ3) is 6.20. The van der Waals surface area contributed by atoms with Gasteiger partial charge in [0.2, 0.25) is 0 Å². The van der Waals surface area contributed by atoms with E-state index in [-0.39, 0.29) is 5.92 Å². The maximum Gasteiger partial charge on any atom is 0.320 e. The van der Waals surface area contributed by atoms with Gasteiger partial charge in [-0.1, -0.05) is 24.3 Å². The zero-order valence-corrected chi connectivity index (χ0v) is 24.1. The van der Waals surface area contributed by atoms with E-state index in [0.29, 0.717) is 60.1 Å². The maximum atomic E-state index is 14.1. The molecule has 1 aliphatic heterocycles. The Balaban J connectivity index is 1.44. The number of halogens is 2. The van der Waals surface area contributed by atoms with E-state index in [4.69, 9.17) is 4.74 Å². The van der Waals surface area contributed by atoms with Gasteiger partial charge in [0.15, 0.2) is 11.6 Å². The quantitative estimate of drug-likeness (QED) is 0.303. The van der Waals surface area contributed by atoms with Crippen LogP contribution >= 0.6 is 0 Å². The molecule has 0 unspecified atom stereocenters. The number of nitrogens with zero attached hydrogens (tertiary/aromatic N) is 5. The SMILES string of the molecule is COCCN1C[C@@H](NC(=O)Nc2c(C)c(-c3cnn(S(C)(=O)=O)c3)nn2-c2ccccc2)[C@H](c2ccc(F)c(F)c2)C1. The first-order chi connectivity index (χ1) is 20.0. The van der Waals surface area contributed by atoms with Crippen LogP contribution in [0.1, 0.15) is 17.0 Å². The van der Waals surface area contributed by atoms with Crippen LogP contribution in [0.4, 0.5) is 19.4 Å². The summed E-state index contributed by atoms with van der Waals surface area (Å²) >= 11 is 0. The predicted octanol–water partition coefficient (Wildman–Crippen LogP) is 3.37. The number of benzene rings is 2. The van der Waals surface area contributed by atoms with Crippen LogP contribution in [0.5, 0.6) is 0 Å². The van der Waals surface area contributed by atoms with E-state index in [2.05, 4.69) is 25.7 Å². The molecule has 1 fully saturated rings. The number of amides is 2. The predicted molar refractivity (Wildman–Crippen MR) is 153 cm³/mol. The second kappa shape index (κ2) is 12.0. The molecule has 0 radical (unpaired) electrons. The summed E-state index contributed by atoms with van der Waals surface area (Å²) in [5, 5.41) is 14.5. The second-order valence-corrected chi connectivity index (χ2v) is 12.0. The third-order valence-corrected chi connectivity index (χ3v) is 8.10. The van der Waals surface area contributed by atoms with Gasteiger partial charge in [-0.15, -0.1) is 0 Å². The molecule has 222 valence electrons. The number of anilines is 1. The van der Waals surface area contributed by atoms with Crippen molar-refractivity contribution >= 4 is 21.9 Å². The van der Waals surface area contributed by atoms with Crippen molar-refractivity contribution in [1.29, 1.82) is 0 Å². The Morgan fingerprint density at radius 3 is 2.55 bits per heavy atom. The van der Waals surface area contributed by atoms with E-state index >= 15 is 0 Å². The molecule has 5 rings (SSSR count). The monoisotopic (exact) mass is 599 g/mol. The second-order valence-electron chi connectivity index (χ2n) is 10.2. The molecule has 42 heavy (non-hydrogen) atoms. The van der Waals surface area contributed by atoms with E-state index in [1.54, 1.807) is 18.7 Å². The molecular weight excluding hydrogens is 568 g/mol. The van der Waals surface area contributed by atoms with Gasteiger partial charge < -0.3 is 10.1 Å². The molecular formula is C28H31F2N7O4S. The molecule has 2 aromatic carbocycles. The van der Waals surface area contributed by atoms with E-state index < -0.39 is 33.7 Å².